The number of benzene rings is 1. The van der Waals surface area contributed by atoms with Crippen LogP contribution in [0.25, 0.3) is 0 Å². The fraction of sp³-hybridized carbons (Fsp3) is 0.619. The summed E-state index contributed by atoms with van der Waals surface area (Å²) in [4.78, 5) is 26.2. The Labute approximate surface area is 160 Å². The van der Waals surface area contributed by atoms with Crippen molar-refractivity contribution >= 4 is 17.5 Å². The molecule has 2 N–H and O–H groups in total. The van der Waals surface area contributed by atoms with E-state index in [0.717, 1.165) is 31.2 Å². The molecule has 0 spiro atoms. The first kappa shape index (κ1) is 19.8. The number of carbonyl (C=O) groups excluding carboxylic acids is 2. The Morgan fingerprint density at radius 3 is 2.52 bits per heavy atom. The molecule has 2 amide bonds. The maximum Gasteiger partial charge on any atom is 0.249 e. The third kappa shape index (κ3) is 4.87. The van der Waals surface area contributed by atoms with E-state index in [0.29, 0.717) is 24.8 Å². The Morgan fingerprint density at radius 2 is 1.93 bits per heavy atom. The number of amides is 2. The van der Waals surface area contributed by atoms with Crippen LogP contribution in [0, 0.1) is 11.8 Å². The summed E-state index contributed by atoms with van der Waals surface area (Å²) in [6, 6.07) is 6.85. The molecule has 1 aromatic rings. The van der Waals surface area contributed by atoms with Crippen LogP contribution >= 0.6 is 0 Å². The van der Waals surface area contributed by atoms with Gasteiger partial charge in [0.25, 0.3) is 0 Å². The van der Waals surface area contributed by atoms with Gasteiger partial charge in [0.1, 0.15) is 12.7 Å². The molecule has 0 radical (unpaired) electrons. The van der Waals surface area contributed by atoms with Crippen LogP contribution in [0.4, 0.5) is 5.69 Å². The van der Waals surface area contributed by atoms with E-state index in [4.69, 9.17) is 4.74 Å². The van der Waals surface area contributed by atoms with Crippen LogP contribution in [0.1, 0.15) is 51.2 Å². The predicted octanol–water partition coefficient (Wildman–Crippen LogP) is 2.73. The molecule has 0 bridgehead atoms. The average Bonchev–Trinajstić information content (AvgIpc) is 3.48. The maximum absolute atomic E-state index is 12.2. The maximum atomic E-state index is 12.2. The minimum Gasteiger partial charge on any atom is -0.386 e. The summed E-state index contributed by atoms with van der Waals surface area (Å²) in [6.45, 7) is 5.15. The monoisotopic (exact) mass is 374 g/mol. The lowest BCUT2D eigenvalue weighted by Gasteiger charge is -2.38. The van der Waals surface area contributed by atoms with Crippen LogP contribution in [0.15, 0.2) is 24.3 Å². The molecule has 2 fully saturated rings. The first-order chi connectivity index (χ1) is 13.0. The zero-order valence-electron chi connectivity index (χ0n) is 16.2. The number of ether oxygens (including phenoxy) is 1. The summed E-state index contributed by atoms with van der Waals surface area (Å²) >= 11 is 0. The van der Waals surface area contributed by atoms with Crippen molar-refractivity contribution in [2.45, 2.75) is 51.7 Å². The van der Waals surface area contributed by atoms with Gasteiger partial charge in [0.2, 0.25) is 11.8 Å². The number of carbonyl (C=O) groups is 2. The lowest BCUT2D eigenvalue weighted by atomic mass is 9.99. The van der Waals surface area contributed by atoms with E-state index in [9.17, 15) is 14.7 Å². The number of anilines is 1. The standard InChI is InChI=1S/C21H30N2O4/c1-3-15(4-2)21(26)22-17-9-7-16(8-10-17)20(25)18-12-27-13-19(24)23(18)11-14-5-6-14/h7-10,14-15,18,20,25H,3-6,11-13H2,1-2H3,(H,22,26). The van der Waals surface area contributed by atoms with Crippen LogP contribution in [0.2, 0.25) is 0 Å². The number of nitrogens with one attached hydrogen (secondary N) is 1. The highest BCUT2D eigenvalue weighted by atomic mass is 16.5. The van der Waals surface area contributed by atoms with Gasteiger partial charge in [0.15, 0.2) is 0 Å². The number of hydrogen-bond acceptors (Lipinski definition) is 4. The van der Waals surface area contributed by atoms with E-state index in [1.165, 1.54) is 0 Å². The van der Waals surface area contributed by atoms with Crippen molar-refractivity contribution < 1.29 is 19.4 Å². The van der Waals surface area contributed by atoms with Gasteiger partial charge in [0, 0.05) is 18.2 Å². The summed E-state index contributed by atoms with van der Waals surface area (Å²) in [5.74, 6) is 0.544. The van der Waals surface area contributed by atoms with Gasteiger partial charge in [-0.15, -0.1) is 0 Å². The Morgan fingerprint density at radius 1 is 1.26 bits per heavy atom. The fourth-order valence-corrected chi connectivity index (χ4v) is 3.59. The molecule has 2 atom stereocenters. The topological polar surface area (TPSA) is 78.9 Å². The second-order valence-corrected chi connectivity index (χ2v) is 7.64. The fourth-order valence-electron chi connectivity index (χ4n) is 3.59. The molecular formula is C21H30N2O4. The third-order valence-corrected chi connectivity index (χ3v) is 5.63. The number of aliphatic hydroxyl groups excluding tert-OH is 1. The van der Waals surface area contributed by atoms with Crippen molar-refractivity contribution in [1.29, 1.82) is 0 Å². The summed E-state index contributed by atoms with van der Waals surface area (Å²) in [7, 11) is 0. The van der Waals surface area contributed by atoms with Crippen molar-refractivity contribution in [3.8, 4) is 0 Å². The molecule has 2 aliphatic rings. The number of aliphatic hydroxyl groups is 1. The molecule has 1 aliphatic heterocycles. The quantitative estimate of drug-likeness (QED) is 0.733. The van der Waals surface area contributed by atoms with Crippen molar-refractivity contribution in [3.05, 3.63) is 29.8 Å². The average molecular weight is 374 g/mol. The molecule has 6 nitrogen and oxygen atoms in total. The molecule has 0 aromatic heterocycles. The van der Waals surface area contributed by atoms with Crippen LogP contribution in [-0.4, -0.2) is 47.6 Å². The van der Waals surface area contributed by atoms with Crippen molar-refractivity contribution in [3.63, 3.8) is 0 Å². The molecule has 1 aromatic carbocycles. The summed E-state index contributed by atoms with van der Waals surface area (Å²) < 4.78 is 5.39. The molecule has 1 aliphatic carbocycles. The highest BCUT2D eigenvalue weighted by molar-refractivity contribution is 5.92. The highest BCUT2D eigenvalue weighted by Gasteiger charge is 2.37. The summed E-state index contributed by atoms with van der Waals surface area (Å²) in [6.07, 6.45) is 3.12. The van der Waals surface area contributed by atoms with Gasteiger partial charge in [0.05, 0.1) is 12.6 Å². The van der Waals surface area contributed by atoms with E-state index in [1.807, 2.05) is 26.0 Å². The van der Waals surface area contributed by atoms with E-state index >= 15 is 0 Å². The Bertz CT molecular complexity index is 653. The first-order valence-electron chi connectivity index (χ1n) is 9.99. The van der Waals surface area contributed by atoms with Crippen LogP contribution in [0.3, 0.4) is 0 Å². The zero-order valence-corrected chi connectivity index (χ0v) is 16.2. The molecule has 1 heterocycles. The Kier molecular flexibility index (Phi) is 6.50. The van der Waals surface area contributed by atoms with Gasteiger partial charge >= 0.3 is 0 Å². The smallest absolute Gasteiger partial charge is 0.249 e. The lowest BCUT2D eigenvalue weighted by Crippen LogP contribution is -2.52. The molecular weight excluding hydrogens is 344 g/mol. The van der Waals surface area contributed by atoms with Gasteiger partial charge < -0.3 is 20.1 Å². The van der Waals surface area contributed by atoms with Crippen molar-refractivity contribution in [2.75, 3.05) is 25.1 Å². The number of morpholine rings is 1. The first-order valence-corrected chi connectivity index (χ1v) is 9.99. The second-order valence-electron chi connectivity index (χ2n) is 7.64. The molecule has 1 saturated carbocycles. The molecule has 148 valence electrons. The normalized spacial score (nSPS) is 21.4. The molecule has 27 heavy (non-hydrogen) atoms. The molecule has 2 unspecified atom stereocenters. The predicted molar refractivity (Wildman–Crippen MR) is 103 cm³/mol. The minimum atomic E-state index is -0.809. The van der Waals surface area contributed by atoms with Gasteiger partial charge in [-0.05, 0) is 49.3 Å². The van der Waals surface area contributed by atoms with Gasteiger partial charge in [-0.2, -0.15) is 0 Å². The number of hydrogen-bond donors (Lipinski definition) is 2. The molecule has 6 heteroatoms. The second kappa shape index (κ2) is 8.85. The number of nitrogens with zero attached hydrogens (tertiary/aromatic N) is 1. The van der Waals surface area contributed by atoms with Gasteiger partial charge in [-0.3, -0.25) is 9.59 Å². The Hall–Kier alpha value is -1.92. The van der Waals surface area contributed by atoms with Crippen molar-refractivity contribution in [1.82, 2.24) is 4.90 Å². The van der Waals surface area contributed by atoms with Crippen molar-refractivity contribution in [2.24, 2.45) is 11.8 Å². The minimum absolute atomic E-state index is 0.0108. The van der Waals surface area contributed by atoms with Gasteiger partial charge in [-0.1, -0.05) is 26.0 Å². The number of rotatable bonds is 8. The van der Waals surface area contributed by atoms with Crippen LogP contribution in [-0.2, 0) is 14.3 Å². The summed E-state index contributed by atoms with van der Waals surface area (Å²) in [5, 5.41) is 13.8. The molecule has 1 saturated heterocycles. The third-order valence-electron chi connectivity index (χ3n) is 5.63. The van der Waals surface area contributed by atoms with Crippen LogP contribution < -0.4 is 5.32 Å². The van der Waals surface area contributed by atoms with E-state index in [1.54, 1.807) is 17.0 Å². The zero-order chi connectivity index (χ0) is 19.4. The van der Waals surface area contributed by atoms with E-state index in [2.05, 4.69) is 5.32 Å². The van der Waals surface area contributed by atoms with Gasteiger partial charge in [-0.25, -0.2) is 0 Å². The van der Waals surface area contributed by atoms with Crippen LogP contribution in [0.5, 0.6) is 0 Å². The SMILES string of the molecule is CCC(CC)C(=O)Nc1ccc(C(O)C2COCC(=O)N2CC2CC2)cc1. The Balaban J connectivity index is 1.66. The van der Waals surface area contributed by atoms with E-state index in [-0.39, 0.29) is 30.4 Å². The molecule has 3 rings (SSSR count). The lowest BCUT2D eigenvalue weighted by molar-refractivity contribution is -0.154. The highest BCUT2D eigenvalue weighted by Crippen LogP contribution is 2.33. The van der Waals surface area contributed by atoms with E-state index < -0.39 is 6.10 Å². The summed E-state index contributed by atoms with van der Waals surface area (Å²) in [5.41, 5.74) is 1.44. The largest absolute Gasteiger partial charge is 0.386 e.